The molecule has 5 heteroatoms. The highest BCUT2D eigenvalue weighted by atomic mass is 16.1. The number of rotatable bonds is 5. The van der Waals surface area contributed by atoms with E-state index >= 15 is 0 Å². The number of nitrogens with zero attached hydrogens (tertiary/aromatic N) is 3. The Hall–Kier alpha value is -2.66. The van der Waals surface area contributed by atoms with Gasteiger partial charge in [-0.15, -0.1) is 0 Å². The van der Waals surface area contributed by atoms with Crippen LogP contribution in [0.3, 0.4) is 0 Å². The third kappa shape index (κ3) is 3.63. The van der Waals surface area contributed by atoms with E-state index in [1.54, 1.807) is 6.20 Å². The first-order valence-electron chi connectivity index (χ1n) is 9.22. The lowest BCUT2D eigenvalue weighted by atomic mass is 10.1. The van der Waals surface area contributed by atoms with E-state index in [2.05, 4.69) is 33.4 Å². The fourth-order valence-corrected chi connectivity index (χ4v) is 3.53. The molecule has 1 N–H and O–H groups in total. The lowest BCUT2D eigenvalue weighted by Crippen LogP contribution is -2.25. The van der Waals surface area contributed by atoms with Crippen LogP contribution in [0.15, 0.2) is 48.8 Å². The Balaban J connectivity index is 1.45. The highest BCUT2D eigenvalue weighted by Crippen LogP contribution is 2.16. The summed E-state index contributed by atoms with van der Waals surface area (Å²) in [6.45, 7) is 5.84. The molecule has 0 unspecified atom stereocenters. The Morgan fingerprint density at radius 1 is 1.15 bits per heavy atom. The van der Waals surface area contributed by atoms with Gasteiger partial charge in [0.25, 0.3) is 5.91 Å². The largest absolute Gasteiger partial charge is 0.347 e. The van der Waals surface area contributed by atoms with E-state index in [0.29, 0.717) is 12.2 Å². The minimum absolute atomic E-state index is 0.137. The summed E-state index contributed by atoms with van der Waals surface area (Å²) < 4.78 is 1.88. The Bertz CT molecular complexity index is 925. The number of carbonyl (C=O) groups is 1. The molecule has 5 nitrogen and oxygen atoms in total. The highest BCUT2D eigenvalue weighted by Gasteiger charge is 2.15. The second-order valence-corrected chi connectivity index (χ2v) is 7.03. The molecule has 2 aromatic heterocycles. The fourth-order valence-electron chi connectivity index (χ4n) is 3.53. The summed E-state index contributed by atoms with van der Waals surface area (Å²) in [4.78, 5) is 19.4. The molecule has 1 amide bonds. The van der Waals surface area contributed by atoms with Crippen molar-refractivity contribution in [2.45, 2.75) is 32.9 Å². The second-order valence-electron chi connectivity index (χ2n) is 7.03. The summed E-state index contributed by atoms with van der Waals surface area (Å²) in [6, 6.07) is 12.3. The summed E-state index contributed by atoms with van der Waals surface area (Å²) >= 11 is 0. The minimum atomic E-state index is -0.137. The van der Waals surface area contributed by atoms with Crippen LogP contribution in [0.25, 0.3) is 5.65 Å². The van der Waals surface area contributed by atoms with E-state index in [1.807, 2.05) is 35.7 Å². The Morgan fingerprint density at radius 2 is 1.92 bits per heavy atom. The van der Waals surface area contributed by atoms with Crippen LogP contribution in [0.5, 0.6) is 0 Å². The van der Waals surface area contributed by atoms with Gasteiger partial charge >= 0.3 is 0 Å². The standard InChI is InChI=1S/C21H24N4O/c1-16-8-11-25-15-19(23-20(25)12-16)21(26)22-13-17-6-2-3-7-18(17)14-24-9-4-5-10-24/h2-3,6-8,11-12,15H,4-5,9-10,13-14H2,1H3,(H,22,26). The van der Waals surface area contributed by atoms with Gasteiger partial charge in [-0.05, 0) is 61.7 Å². The van der Waals surface area contributed by atoms with Crippen molar-refractivity contribution in [3.8, 4) is 0 Å². The lowest BCUT2D eigenvalue weighted by Gasteiger charge is -2.17. The number of imidazole rings is 1. The molecule has 1 aromatic carbocycles. The summed E-state index contributed by atoms with van der Waals surface area (Å²) in [5.41, 5.74) is 4.84. The molecule has 0 saturated carbocycles. The zero-order valence-electron chi connectivity index (χ0n) is 15.1. The van der Waals surface area contributed by atoms with Crippen LogP contribution in [-0.4, -0.2) is 33.3 Å². The van der Waals surface area contributed by atoms with E-state index in [9.17, 15) is 4.79 Å². The molecule has 0 radical (unpaired) electrons. The number of pyridine rings is 1. The van der Waals surface area contributed by atoms with E-state index in [-0.39, 0.29) is 5.91 Å². The summed E-state index contributed by atoms with van der Waals surface area (Å²) in [6.07, 6.45) is 6.28. The Morgan fingerprint density at radius 3 is 2.73 bits per heavy atom. The van der Waals surface area contributed by atoms with Crippen molar-refractivity contribution >= 4 is 11.6 Å². The summed E-state index contributed by atoms with van der Waals surface area (Å²) in [5, 5.41) is 3.02. The van der Waals surface area contributed by atoms with E-state index < -0.39 is 0 Å². The maximum absolute atomic E-state index is 12.5. The topological polar surface area (TPSA) is 49.6 Å². The average molecular weight is 348 g/mol. The number of likely N-dealkylation sites (tertiary alicyclic amines) is 1. The maximum atomic E-state index is 12.5. The van der Waals surface area contributed by atoms with Crippen LogP contribution in [0.2, 0.25) is 0 Å². The quantitative estimate of drug-likeness (QED) is 0.770. The minimum Gasteiger partial charge on any atom is -0.347 e. The van der Waals surface area contributed by atoms with E-state index in [1.165, 1.54) is 37.1 Å². The SMILES string of the molecule is Cc1ccn2cc(C(=O)NCc3ccccc3CN3CCCC3)nc2c1. The van der Waals surface area contributed by atoms with E-state index in [0.717, 1.165) is 17.8 Å². The van der Waals surface area contributed by atoms with Crippen LogP contribution in [0.4, 0.5) is 0 Å². The number of nitrogens with one attached hydrogen (secondary N) is 1. The van der Waals surface area contributed by atoms with Gasteiger partial charge in [0.2, 0.25) is 0 Å². The van der Waals surface area contributed by atoms with Crippen molar-refractivity contribution in [3.05, 3.63) is 71.2 Å². The lowest BCUT2D eigenvalue weighted by molar-refractivity contribution is 0.0946. The molecule has 1 saturated heterocycles. The predicted molar refractivity (Wildman–Crippen MR) is 102 cm³/mol. The molecule has 1 aliphatic rings. The molecular formula is C21H24N4O. The zero-order chi connectivity index (χ0) is 17.9. The van der Waals surface area contributed by atoms with Gasteiger partial charge in [0.15, 0.2) is 0 Å². The third-order valence-corrected chi connectivity index (χ3v) is 5.00. The van der Waals surface area contributed by atoms with Gasteiger partial charge in [-0.25, -0.2) is 4.98 Å². The van der Waals surface area contributed by atoms with Crippen LogP contribution >= 0.6 is 0 Å². The van der Waals surface area contributed by atoms with Gasteiger partial charge in [-0.1, -0.05) is 24.3 Å². The smallest absolute Gasteiger partial charge is 0.271 e. The third-order valence-electron chi connectivity index (χ3n) is 5.00. The molecule has 1 fully saturated rings. The molecule has 1 aliphatic heterocycles. The van der Waals surface area contributed by atoms with Crippen LogP contribution < -0.4 is 5.32 Å². The molecule has 0 spiro atoms. The second kappa shape index (κ2) is 7.30. The van der Waals surface area contributed by atoms with Crippen LogP contribution in [0.1, 0.15) is 40.0 Å². The number of amides is 1. The number of hydrogen-bond donors (Lipinski definition) is 1. The van der Waals surface area contributed by atoms with Gasteiger partial charge < -0.3 is 9.72 Å². The van der Waals surface area contributed by atoms with E-state index in [4.69, 9.17) is 0 Å². The monoisotopic (exact) mass is 348 g/mol. The fraction of sp³-hybridized carbons (Fsp3) is 0.333. The van der Waals surface area contributed by atoms with Gasteiger partial charge in [0.1, 0.15) is 11.3 Å². The van der Waals surface area contributed by atoms with Crippen molar-refractivity contribution < 1.29 is 4.79 Å². The molecule has 3 heterocycles. The normalized spacial score (nSPS) is 14.8. The predicted octanol–water partition coefficient (Wildman–Crippen LogP) is 3.17. The highest BCUT2D eigenvalue weighted by molar-refractivity contribution is 5.92. The summed E-state index contributed by atoms with van der Waals surface area (Å²) in [7, 11) is 0. The number of aryl methyl sites for hydroxylation is 1. The Labute approximate surface area is 153 Å². The van der Waals surface area contributed by atoms with Gasteiger partial charge in [0.05, 0.1) is 0 Å². The molecule has 134 valence electrons. The Kier molecular flexibility index (Phi) is 4.71. The first-order chi connectivity index (χ1) is 12.7. The number of hydrogen-bond acceptors (Lipinski definition) is 3. The molecule has 0 aliphatic carbocycles. The van der Waals surface area contributed by atoms with Gasteiger partial charge in [-0.2, -0.15) is 0 Å². The van der Waals surface area contributed by atoms with Crippen molar-refractivity contribution in [3.63, 3.8) is 0 Å². The zero-order valence-corrected chi connectivity index (χ0v) is 15.1. The van der Waals surface area contributed by atoms with Crippen molar-refractivity contribution in [1.29, 1.82) is 0 Å². The first kappa shape index (κ1) is 16.8. The van der Waals surface area contributed by atoms with Crippen molar-refractivity contribution in [1.82, 2.24) is 19.6 Å². The number of fused-ring (bicyclic) bond motifs is 1. The maximum Gasteiger partial charge on any atom is 0.271 e. The first-order valence-corrected chi connectivity index (χ1v) is 9.22. The van der Waals surface area contributed by atoms with Crippen molar-refractivity contribution in [2.75, 3.05) is 13.1 Å². The summed E-state index contributed by atoms with van der Waals surface area (Å²) in [5.74, 6) is -0.137. The van der Waals surface area contributed by atoms with Crippen molar-refractivity contribution in [2.24, 2.45) is 0 Å². The molecule has 4 rings (SSSR count). The average Bonchev–Trinajstić information content (AvgIpc) is 3.30. The molecule has 0 bridgehead atoms. The molecule has 26 heavy (non-hydrogen) atoms. The molecular weight excluding hydrogens is 324 g/mol. The number of aromatic nitrogens is 2. The number of benzene rings is 1. The number of carbonyl (C=O) groups excluding carboxylic acids is 1. The van der Waals surface area contributed by atoms with Gasteiger partial charge in [0, 0.05) is 25.5 Å². The van der Waals surface area contributed by atoms with Crippen LogP contribution in [0, 0.1) is 6.92 Å². The van der Waals surface area contributed by atoms with Gasteiger partial charge in [-0.3, -0.25) is 9.69 Å². The van der Waals surface area contributed by atoms with Crippen LogP contribution in [-0.2, 0) is 13.1 Å². The molecule has 3 aromatic rings. The molecule has 0 atom stereocenters.